The third kappa shape index (κ3) is 4.02. The molecule has 0 aliphatic heterocycles. The van der Waals surface area contributed by atoms with Gasteiger partial charge in [-0.3, -0.25) is 0 Å². The minimum Gasteiger partial charge on any atom is -0.389 e. The molecule has 1 aliphatic rings. The molecule has 0 bridgehead atoms. The number of thiocarbonyl (C=S) groups is 1. The molecule has 0 radical (unpaired) electrons. The highest BCUT2D eigenvalue weighted by atomic mass is 32.2. The highest BCUT2D eigenvalue weighted by Crippen LogP contribution is 2.43. The van der Waals surface area contributed by atoms with Gasteiger partial charge in [-0.15, -0.1) is 0 Å². The maximum atomic E-state index is 12.3. The Morgan fingerprint density at radius 3 is 2.57 bits per heavy atom. The fourth-order valence-electron chi connectivity index (χ4n) is 2.74. The van der Waals surface area contributed by atoms with Crippen molar-refractivity contribution in [3.63, 3.8) is 0 Å². The largest absolute Gasteiger partial charge is 0.389 e. The number of rotatable bonds is 7. The molecule has 0 spiro atoms. The van der Waals surface area contributed by atoms with Crippen molar-refractivity contribution in [2.24, 2.45) is 11.1 Å². The van der Waals surface area contributed by atoms with E-state index in [2.05, 4.69) is 11.6 Å². The smallest absolute Gasteiger partial charge is 0.215 e. The van der Waals surface area contributed by atoms with Gasteiger partial charge in [0.2, 0.25) is 10.0 Å². The number of nitrogens with one attached hydrogen (secondary N) is 1. The molecule has 1 aliphatic carbocycles. The van der Waals surface area contributed by atoms with Crippen LogP contribution in [-0.2, 0) is 15.8 Å². The molecule has 21 heavy (non-hydrogen) atoms. The first-order chi connectivity index (χ1) is 9.87. The molecule has 6 heteroatoms. The van der Waals surface area contributed by atoms with Crippen LogP contribution in [0.25, 0.3) is 0 Å². The maximum absolute atomic E-state index is 12.3. The van der Waals surface area contributed by atoms with Crippen LogP contribution in [0.3, 0.4) is 0 Å². The van der Waals surface area contributed by atoms with Crippen LogP contribution >= 0.6 is 12.2 Å². The van der Waals surface area contributed by atoms with E-state index in [1.807, 2.05) is 0 Å². The van der Waals surface area contributed by atoms with E-state index in [4.69, 9.17) is 18.0 Å². The fourth-order valence-corrected chi connectivity index (χ4v) is 4.23. The van der Waals surface area contributed by atoms with Crippen LogP contribution < -0.4 is 10.5 Å². The van der Waals surface area contributed by atoms with E-state index in [0.29, 0.717) is 17.7 Å². The van der Waals surface area contributed by atoms with Crippen molar-refractivity contribution < 1.29 is 8.42 Å². The van der Waals surface area contributed by atoms with Gasteiger partial charge < -0.3 is 5.73 Å². The zero-order chi connectivity index (χ0) is 15.5. The molecule has 1 saturated carbocycles. The molecule has 0 amide bonds. The number of hydrogen-bond donors (Lipinski definition) is 2. The van der Waals surface area contributed by atoms with Gasteiger partial charge in [-0.2, -0.15) is 0 Å². The Bertz CT molecular complexity index is 617. The summed E-state index contributed by atoms with van der Waals surface area (Å²) in [6, 6.07) is 7.11. The van der Waals surface area contributed by atoms with E-state index in [1.54, 1.807) is 24.3 Å². The zero-order valence-electron chi connectivity index (χ0n) is 12.3. The average molecular weight is 326 g/mol. The Balaban J connectivity index is 2.06. The molecular weight excluding hydrogens is 304 g/mol. The molecule has 0 aromatic heterocycles. The van der Waals surface area contributed by atoms with Crippen molar-refractivity contribution in [2.45, 2.75) is 38.4 Å². The van der Waals surface area contributed by atoms with Gasteiger partial charge >= 0.3 is 0 Å². The van der Waals surface area contributed by atoms with E-state index in [-0.39, 0.29) is 16.2 Å². The summed E-state index contributed by atoms with van der Waals surface area (Å²) in [6.07, 6.45) is 4.42. The van der Waals surface area contributed by atoms with E-state index in [0.717, 1.165) is 19.3 Å². The van der Waals surface area contributed by atoms with Crippen LogP contribution in [0, 0.1) is 5.41 Å². The summed E-state index contributed by atoms with van der Waals surface area (Å²) in [5, 5.41) is 0. The lowest BCUT2D eigenvalue weighted by atomic mass is 9.67. The van der Waals surface area contributed by atoms with Crippen LogP contribution in [-0.4, -0.2) is 20.0 Å². The Hall–Kier alpha value is -0.980. The lowest BCUT2D eigenvalue weighted by Crippen LogP contribution is -2.42. The first-order valence-electron chi connectivity index (χ1n) is 7.22. The van der Waals surface area contributed by atoms with Crippen molar-refractivity contribution in [1.29, 1.82) is 0 Å². The van der Waals surface area contributed by atoms with Gasteiger partial charge in [0.05, 0.1) is 5.75 Å². The van der Waals surface area contributed by atoms with Crippen LogP contribution in [0.15, 0.2) is 24.3 Å². The summed E-state index contributed by atoms with van der Waals surface area (Å²) in [5.41, 5.74) is 7.09. The minimum absolute atomic E-state index is 0.0830. The molecule has 2 rings (SSSR count). The summed E-state index contributed by atoms with van der Waals surface area (Å²) in [6.45, 7) is 2.65. The first-order valence-corrected chi connectivity index (χ1v) is 9.29. The molecule has 1 aromatic carbocycles. The van der Waals surface area contributed by atoms with Gasteiger partial charge in [0.25, 0.3) is 0 Å². The third-order valence-electron chi connectivity index (χ3n) is 4.46. The molecule has 3 N–H and O–H groups in total. The quantitative estimate of drug-likeness (QED) is 0.754. The third-order valence-corrected chi connectivity index (χ3v) is 5.95. The molecular formula is C15H22N2O2S2. The molecule has 4 nitrogen and oxygen atoms in total. The summed E-state index contributed by atoms with van der Waals surface area (Å²) in [7, 11) is -3.38. The van der Waals surface area contributed by atoms with Crippen molar-refractivity contribution in [2.75, 3.05) is 6.54 Å². The Morgan fingerprint density at radius 2 is 2.05 bits per heavy atom. The van der Waals surface area contributed by atoms with Crippen LogP contribution in [0.5, 0.6) is 0 Å². The number of nitrogens with two attached hydrogens (primary N) is 1. The maximum Gasteiger partial charge on any atom is 0.215 e. The van der Waals surface area contributed by atoms with Crippen molar-refractivity contribution in [3.05, 3.63) is 35.4 Å². The standard InChI is InChI=1S/C15H22N2O2S2/c1-2-15(8-5-9-15)11-17-21(18,19)10-12-6-3-4-7-13(12)14(16)20/h3-4,6-7,17H,2,5,8-11H2,1H3,(H2,16,20). The number of benzene rings is 1. The lowest BCUT2D eigenvalue weighted by Gasteiger charge is -2.41. The fraction of sp³-hybridized carbons (Fsp3) is 0.533. The second-order valence-corrected chi connectivity index (χ2v) is 8.06. The normalized spacial score (nSPS) is 17.2. The predicted molar refractivity (Wildman–Crippen MR) is 89.5 cm³/mol. The van der Waals surface area contributed by atoms with Gasteiger partial charge in [-0.1, -0.05) is 49.8 Å². The SMILES string of the molecule is CCC1(CNS(=O)(=O)Cc2ccccc2C(N)=S)CCC1. The van der Waals surface area contributed by atoms with Gasteiger partial charge in [-0.25, -0.2) is 13.1 Å². The summed E-state index contributed by atoms with van der Waals surface area (Å²) < 4.78 is 27.3. The number of sulfonamides is 1. The summed E-state index contributed by atoms with van der Waals surface area (Å²) >= 11 is 4.97. The van der Waals surface area contributed by atoms with Gasteiger partial charge in [0, 0.05) is 12.1 Å². The first kappa shape index (κ1) is 16.4. The van der Waals surface area contributed by atoms with Gasteiger partial charge in [0.1, 0.15) is 4.99 Å². The van der Waals surface area contributed by atoms with Crippen molar-refractivity contribution in [3.8, 4) is 0 Å². The van der Waals surface area contributed by atoms with Gasteiger partial charge in [0.15, 0.2) is 0 Å². The van der Waals surface area contributed by atoms with E-state index in [1.165, 1.54) is 6.42 Å². The second kappa shape index (κ2) is 6.42. The van der Waals surface area contributed by atoms with E-state index < -0.39 is 10.0 Å². The molecule has 0 unspecified atom stereocenters. The Morgan fingerprint density at radius 1 is 1.38 bits per heavy atom. The van der Waals surface area contributed by atoms with E-state index in [9.17, 15) is 8.42 Å². The molecule has 116 valence electrons. The van der Waals surface area contributed by atoms with Crippen molar-refractivity contribution in [1.82, 2.24) is 4.72 Å². The molecule has 1 fully saturated rings. The highest BCUT2D eigenvalue weighted by molar-refractivity contribution is 7.88. The Labute approximate surface area is 132 Å². The monoisotopic (exact) mass is 326 g/mol. The molecule has 0 heterocycles. The Kier molecular flexibility index (Phi) is 5.01. The highest BCUT2D eigenvalue weighted by Gasteiger charge is 2.35. The lowest BCUT2D eigenvalue weighted by molar-refractivity contribution is 0.133. The topological polar surface area (TPSA) is 72.2 Å². The van der Waals surface area contributed by atoms with Crippen LogP contribution in [0.4, 0.5) is 0 Å². The molecule has 0 saturated heterocycles. The molecule has 1 aromatic rings. The second-order valence-electron chi connectivity index (χ2n) is 5.81. The average Bonchev–Trinajstić information content (AvgIpc) is 2.37. The zero-order valence-corrected chi connectivity index (χ0v) is 13.9. The number of hydrogen-bond acceptors (Lipinski definition) is 3. The molecule has 0 atom stereocenters. The van der Waals surface area contributed by atoms with Gasteiger partial charge in [-0.05, 0) is 30.2 Å². The van der Waals surface area contributed by atoms with Crippen LogP contribution in [0.2, 0.25) is 0 Å². The minimum atomic E-state index is -3.38. The summed E-state index contributed by atoms with van der Waals surface area (Å²) in [4.78, 5) is 0.227. The predicted octanol–water partition coefficient (Wildman–Crippen LogP) is 2.32. The van der Waals surface area contributed by atoms with E-state index >= 15 is 0 Å². The van der Waals surface area contributed by atoms with Crippen LogP contribution in [0.1, 0.15) is 43.7 Å². The van der Waals surface area contributed by atoms with Crippen molar-refractivity contribution >= 4 is 27.2 Å². The summed E-state index contributed by atoms with van der Waals surface area (Å²) in [5.74, 6) is -0.0830.